The number of fused-ring (bicyclic) bond motifs is 4. The molecule has 0 bridgehead atoms. The highest BCUT2D eigenvalue weighted by atomic mass is 16.3. The average Bonchev–Trinajstić information content (AvgIpc) is 3.48. The first-order valence-electron chi connectivity index (χ1n) is 10.5. The molecule has 4 aromatic rings. The van der Waals surface area contributed by atoms with Gasteiger partial charge in [-0.25, -0.2) is 9.97 Å². The van der Waals surface area contributed by atoms with Crippen molar-refractivity contribution in [2.24, 2.45) is 10.9 Å². The van der Waals surface area contributed by atoms with E-state index in [-0.39, 0.29) is 6.04 Å². The van der Waals surface area contributed by atoms with Crippen LogP contribution in [0.15, 0.2) is 76.9 Å². The second-order valence-electron chi connectivity index (χ2n) is 8.73. The summed E-state index contributed by atoms with van der Waals surface area (Å²) in [6.45, 7) is 2.12. The lowest BCUT2D eigenvalue weighted by molar-refractivity contribution is 0.568. The zero-order chi connectivity index (χ0) is 19.9. The van der Waals surface area contributed by atoms with Crippen LogP contribution in [-0.2, 0) is 5.41 Å². The highest BCUT2D eigenvalue weighted by Crippen LogP contribution is 2.75. The summed E-state index contributed by atoms with van der Waals surface area (Å²) in [5, 5.41) is 0. The van der Waals surface area contributed by atoms with Gasteiger partial charge < -0.3 is 4.42 Å². The second kappa shape index (κ2) is 5.57. The summed E-state index contributed by atoms with van der Waals surface area (Å²) in [5.41, 5.74) is 8.23. The lowest BCUT2D eigenvalue weighted by atomic mass is 9.94. The number of nitrogens with zero attached hydrogens (tertiary/aromatic N) is 4. The number of imidazole rings is 1. The number of aliphatic imine (C=N–C) groups is 1. The fourth-order valence-corrected chi connectivity index (χ4v) is 5.04. The van der Waals surface area contributed by atoms with Crippen LogP contribution in [-0.4, -0.2) is 20.2 Å². The van der Waals surface area contributed by atoms with Gasteiger partial charge in [-0.2, -0.15) is 0 Å². The van der Waals surface area contributed by atoms with Crippen LogP contribution in [0.3, 0.4) is 0 Å². The van der Waals surface area contributed by atoms with E-state index >= 15 is 0 Å². The molecule has 146 valence electrons. The van der Waals surface area contributed by atoms with Gasteiger partial charge in [0, 0.05) is 11.1 Å². The summed E-state index contributed by atoms with van der Waals surface area (Å²) < 4.78 is 7.75. The number of rotatable bonds is 3. The third kappa shape index (κ3) is 2.15. The van der Waals surface area contributed by atoms with Gasteiger partial charge in [-0.05, 0) is 48.8 Å². The van der Waals surface area contributed by atoms with Crippen molar-refractivity contribution in [3.63, 3.8) is 0 Å². The lowest BCUT2D eigenvalue weighted by Crippen LogP contribution is -2.09. The van der Waals surface area contributed by atoms with Crippen LogP contribution in [0.25, 0.3) is 17.1 Å². The van der Waals surface area contributed by atoms with Crippen molar-refractivity contribution < 1.29 is 4.42 Å². The largest absolute Gasteiger partial charge is 0.442 e. The van der Waals surface area contributed by atoms with Gasteiger partial charge in [0.25, 0.3) is 0 Å². The van der Waals surface area contributed by atoms with Crippen LogP contribution in [0, 0.1) is 5.92 Å². The Kier molecular flexibility index (Phi) is 3.03. The van der Waals surface area contributed by atoms with E-state index in [9.17, 15) is 0 Å². The van der Waals surface area contributed by atoms with E-state index in [1.165, 1.54) is 30.4 Å². The van der Waals surface area contributed by atoms with Gasteiger partial charge in [0.2, 0.25) is 0 Å². The minimum Gasteiger partial charge on any atom is -0.442 e. The maximum Gasteiger partial charge on any atom is 0.181 e. The number of benzene rings is 2. The van der Waals surface area contributed by atoms with E-state index in [4.69, 9.17) is 9.41 Å². The summed E-state index contributed by atoms with van der Waals surface area (Å²) in [4.78, 5) is 14.0. The Hall–Kier alpha value is -3.47. The van der Waals surface area contributed by atoms with Gasteiger partial charge in [-0.3, -0.25) is 9.56 Å². The quantitative estimate of drug-likeness (QED) is 0.487. The Bertz CT molecular complexity index is 1310. The first-order chi connectivity index (χ1) is 14.7. The van der Waals surface area contributed by atoms with Gasteiger partial charge in [0.05, 0.1) is 29.3 Å². The fraction of sp³-hybridized carbons (Fsp3) is 0.240. The second-order valence-corrected chi connectivity index (χ2v) is 8.73. The normalized spacial score (nSPS) is 25.6. The molecule has 1 aliphatic heterocycles. The Morgan fingerprint density at radius 1 is 1.10 bits per heavy atom. The standard InChI is InChI=1S/C25H20N4O/c1-15-24-23(21-12-26-14-30-21)27-13-29(24)20-8-7-17(25-10-18(25)11-25)9-19(20)22(28-15)16-5-3-2-4-6-16/h2-9,12-15,18H,10-11H2,1H3/t15-,18-,25+/m1/s1. The van der Waals surface area contributed by atoms with E-state index in [2.05, 4.69) is 70.0 Å². The first-order valence-corrected chi connectivity index (χ1v) is 10.5. The van der Waals surface area contributed by atoms with Crippen molar-refractivity contribution in [1.82, 2.24) is 14.5 Å². The molecule has 2 fully saturated rings. The number of aromatic nitrogens is 3. The molecule has 3 heterocycles. The molecule has 2 aromatic heterocycles. The molecule has 1 atom stereocenters. The molecule has 2 saturated carbocycles. The number of hydrogen-bond donors (Lipinski definition) is 0. The molecule has 5 nitrogen and oxygen atoms in total. The monoisotopic (exact) mass is 392 g/mol. The molecule has 2 aliphatic carbocycles. The van der Waals surface area contributed by atoms with Gasteiger partial charge in [0.1, 0.15) is 12.0 Å². The first kappa shape index (κ1) is 16.3. The molecule has 0 N–H and O–H groups in total. The van der Waals surface area contributed by atoms with Crippen LogP contribution < -0.4 is 0 Å². The average molecular weight is 392 g/mol. The van der Waals surface area contributed by atoms with Crippen LogP contribution >= 0.6 is 0 Å². The molecular weight excluding hydrogens is 372 g/mol. The summed E-state index contributed by atoms with van der Waals surface area (Å²) in [5.74, 6) is 1.57. The van der Waals surface area contributed by atoms with Gasteiger partial charge >= 0.3 is 0 Å². The molecule has 30 heavy (non-hydrogen) atoms. The van der Waals surface area contributed by atoms with Crippen molar-refractivity contribution in [3.8, 4) is 17.1 Å². The molecule has 0 spiro atoms. The van der Waals surface area contributed by atoms with Gasteiger partial charge in [0.15, 0.2) is 12.2 Å². The smallest absolute Gasteiger partial charge is 0.181 e. The zero-order valence-electron chi connectivity index (χ0n) is 16.6. The predicted molar refractivity (Wildman–Crippen MR) is 114 cm³/mol. The van der Waals surface area contributed by atoms with E-state index in [1.54, 1.807) is 6.20 Å². The summed E-state index contributed by atoms with van der Waals surface area (Å²) in [6, 6.07) is 17.4. The molecule has 7 rings (SSSR count). The van der Waals surface area contributed by atoms with Crippen LogP contribution in [0.4, 0.5) is 0 Å². The molecule has 0 amide bonds. The van der Waals surface area contributed by atoms with Crippen LogP contribution in [0.1, 0.15) is 48.2 Å². The van der Waals surface area contributed by atoms with E-state index in [0.717, 1.165) is 34.3 Å². The summed E-state index contributed by atoms with van der Waals surface area (Å²) in [7, 11) is 0. The Morgan fingerprint density at radius 2 is 1.93 bits per heavy atom. The Labute approximate surface area is 174 Å². The van der Waals surface area contributed by atoms with Gasteiger partial charge in [-0.15, -0.1) is 0 Å². The van der Waals surface area contributed by atoms with E-state index < -0.39 is 0 Å². The van der Waals surface area contributed by atoms with Gasteiger partial charge in [-0.1, -0.05) is 36.4 Å². The highest BCUT2D eigenvalue weighted by Gasteiger charge is 2.70. The molecule has 0 unspecified atom stereocenters. The maximum absolute atomic E-state index is 5.57. The lowest BCUT2D eigenvalue weighted by Gasteiger charge is -2.15. The number of oxazole rings is 1. The van der Waals surface area contributed by atoms with Crippen LogP contribution in [0.5, 0.6) is 0 Å². The summed E-state index contributed by atoms with van der Waals surface area (Å²) >= 11 is 0. The maximum atomic E-state index is 5.57. The number of hydrogen-bond acceptors (Lipinski definition) is 4. The molecule has 3 aliphatic rings. The minimum absolute atomic E-state index is 0.0774. The van der Waals surface area contributed by atoms with Crippen molar-refractivity contribution in [1.29, 1.82) is 0 Å². The summed E-state index contributed by atoms with van der Waals surface area (Å²) in [6.07, 6.45) is 7.73. The van der Waals surface area contributed by atoms with Crippen molar-refractivity contribution in [3.05, 3.63) is 89.8 Å². The molecular formula is C25H20N4O. The molecule has 5 heteroatoms. The van der Waals surface area contributed by atoms with Crippen LogP contribution in [0.2, 0.25) is 0 Å². The predicted octanol–water partition coefficient (Wildman–Crippen LogP) is 5.10. The highest BCUT2D eigenvalue weighted by molar-refractivity contribution is 6.15. The molecule has 0 saturated heterocycles. The van der Waals surface area contributed by atoms with E-state index in [1.807, 2.05) is 6.33 Å². The third-order valence-electron chi connectivity index (χ3n) is 7.00. The molecule has 0 radical (unpaired) electrons. The SMILES string of the molecule is C[C@H]1N=C(c2ccccc2)c2cc([C@]34C[C@H]3C4)ccc2-n2cnc(-c3cnco3)c21. The Morgan fingerprint density at radius 3 is 2.67 bits per heavy atom. The van der Waals surface area contributed by atoms with Crippen molar-refractivity contribution in [2.75, 3.05) is 0 Å². The molecule has 2 aromatic carbocycles. The third-order valence-corrected chi connectivity index (χ3v) is 7.00. The Balaban J connectivity index is 1.49. The zero-order valence-corrected chi connectivity index (χ0v) is 16.6. The van der Waals surface area contributed by atoms with Crippen molar-refractivity contribution in [2.45, 2.75) is 31.2 Å². The fourth-order valence-electron chi connectivity index (χ4n) is 5.04. The van der Waals surface area contributed by atoms with E-state index in [0.29, 0.717) is 11.2 Å². The topological polar surface area (TPSA) is 56.2 Å². The minimum atomic E-state index is -0.0774. The van der Waals surface area contributed by atoms with Crippen molar-refractivity contribution >= 4 is 5.71 Å².